The quantitative estimate of drug-likeness (QED) is 0.530. The van der Waals surface area contributed by atoms with E-state index in [-0.39, 0.29) is 29.2 Å². The third kappa shape index (κ3) is 4.77. The summed E-state index contributed by atoms with van der Waals surface area (Å²) >= 11 is 0. The van der Waals surface area contributed by atoms with Crippen LogP contribution in [0.3, 0.4) is 0 Å². The van der Waals surface area contributed by atoms with Crippen molar-refractivity contribution in [2.24, 2.45) is 0 Å². The Bertz CT molecular complexity index is 1410. The highest BCUT2D eigenvalue weighted by molar-refractivity contribution is 5.98. The van der Waals surface area contributed by atoms with Crippen molar-refractivity contribution < 1.29 is 31.5 Å². The number of hydrogen-bond donors (Lipinski definition) is 1. The van der Waals surface area contributed by atoms with Crippen LogP contribution in [-0.2, 0) is 4.79 Å². The van der Waals surface area contributed by atoms with Gasteiger partial charge in [-0.05, 0) is 31.4 Å². The van der Waals surface area contributed by atoms with Crippen molar-refractivity contribution >= 4 is 28.7 Å². The summed E-state index contributed by atoms with van der Waals surface area (Å²) in [4.78, 5) is 47.6. The number of anilines is 1. The van der Waals surface area contributed by atoms with Crippen molar-refractivity contribution in [3.63, 3.8) is 0 Å². The van der Waals surface area contributed by atoms with E-state index in [4.69, 9.17) is 0 Å². The Balaban J connectivity index is 1.92. The fraction of sp³-hybridized carbons (Fsp3) is 0.348. The van der Waals surface area contributed by atoms with Crippen molar-refractivity contribution in [3.8, 4) is 5.82 Å². The number of nitrogens with one attached hydrogen (secondary N) is 1. The highest BCUT2D eigenvalue weighted by Gasteiger charge is 2.39. The van der Waals surface area contributed by atoms with Gasteiger partial charge in [-0.25, -0.2) is 18.7 Å². The molecule has 0 saturated carbocycles. The molecule has 0 aliphatic carbocycles. The predicted octanol–water partition coefficient (Wildman–Crippen LogP) is 3.65. The van der Waals surface area contributed by atoms with E-state index in [0.29, 0.717) is 31.6 Å². The second kappa shape index (κ2) is 9.63. The first-order valence-corrected chi connectivity index (χ1v) is 11.1. The van der Waals surface area contributed by atoms with Gasteiger partial charge in [-0.2, -0.15) is 13.2 Å². The van der Waals surface area contributed by atoms with Gasteiger partial charge in [0.15, 0.2) is 17.3 Å². The number of carbonyl (C=O) groups is 2. The van der Waals surface area contributed by atoms with Gasteiger partial charge in [-0.1, -0.05) is 6.92 Å². The van der Waals surface area contributed by atoms with Crippen LogP contribution in [0.5, 0.6) is 0 Å². The minimum Gasteiger partial charge on any atom is -0.340 e. The Kier molecular flexibility index (Phi) is 6.74. The molecule has 1 fully saturated rings. The van der Waals surface area contributed by atoms with E-state index in [9.17, 15) is 36.3 Å². The molecule has 0 spiro atoms. The molecule has 3 aromatic rings. The molecule has 1 N–H and O–H groups in total. The Morgan fingerprint density at radius 3 is 2.58 bits per heavy atom. The summed E-state index contributed by atoms with van der Waals surface area (Å²) in [5, 5.41) is 1.54. The van der Waals surface area contributed by atoms with Crippen LogP contribution in [0.4, 0.5) is 27.8 Å². The first-order valence-electron chi connectivity index (χ1n) is 11.1. The molecule has 2 amide bonds. The molecular weight excluding hydrogens is 489 g/mol. The number of fused-ring (bicyclic) bond motifs is 1. The normalized spacial score (nSPS) is 15.3. The smallest absolute Gasteiger partial charge is 0.340 e. The minimum atomic E-state index is -4.76. The fourth-order valence-electron chi connectivity index (χ4n) is 3.95. The van der Waals surface area contributed by atoms with Gasteiger partial charge in [0.2, 0.25) is 11.3 Å². The molecule has 190 valence electrons. The molecule has 4 heterocycles. The molecule has 0 radical (unpaired) electrons. The molecule has 1 saturated heterocycles. The van der Waals surface area contributed by atoms with Gasteiger partial charge >= 0.3 is 6.18 Å². The van der Waals surface area contributed by atoms with Crippen LogP contribution in [-0.4, -0.2) is 45.1 Å². The van der Waals surface area contributed by atoms with Gasteiger partial charge in [0.05, 0.1) is 11.6 Å². The van der Waals surface area contributed by atoms with Crippen LogP contribution >= 0.6 is 0 Å². The number of nitrogens with zero attached hydrogens (tertiary/aromatic N) is 4. The van der Waals surface area contributed by atoms with E-state index in [1.807, 2.05) is 0 Å². The second-order valence-electron chi connectivity index (χ2n) is 8.22. The van der Waals surface area contributed by atoms with Crippen LogP contribution in [0.1, 0.15) is 43.0 Å². The molecule has 0 aromatic carbocycles. The first-order chi connectivity index (χ1) is 17.0. The maximum Gasteiger partial charge on any atom is 0.408 e. The van der Waals surface area contributed by atoms with Gasteiger partial charge < -0.3 is 5.32 Å². The van der Waals surface area contributed by atoms with Gasteiger partial charge in [-0.15, -0.1) is 0 Å². The van der Waals surface area contributed by atoms with Crippen LogP contribution in [0, 0.1) is 11.6 Å². The summed E-state index contributed by atoms with van der Waals surface area (Å²) in [7, 11) is 0. The average Bonchev–Trinajstić information content (AvgIpc) is 2.82. The number of pyridine rings is 3. The van der Waals surface area contributed by atoms with Gasteiger partial charge in [0.25, 0.3) is 5.91 Å². The lowest BCUT2D eigenvalue weighted by atomic mass is 10.1. The van der Waals surface area contributed by atoms with Crippen molar-refractivity contribution in [3.05, 3.63) is 58.0 Å². The number of rotatable bonds is 5. The molecular formula is C23H20F5N5O3. The summed E-state index contributed by atoms with van der Waals surface area (Å²) in [5.41, 5.74) is -1.89. The SMILES string of the molecule is CC[C@@H](NC(=O)c1cn(-c2ncc(F)cc2F)c2nc(N3CCCCC3=O)ccc2c1=O)C(F)(F)F. The third-order valence-corrected chi connectivity index (χ3v) is 5.81. The first kappa shape index (κ1) is 25.2. The van der Waals surface area contributed by atoms with E-state index in [2.05, 4.69) is 9.97 Å². The number of hydrogen-bond acceptors (Lipinski definition) is 5. The molecule has 1 aliphatic heterocycles. The van der Waals surface area contributed by atoms with Crippen LogP contribution in [0.15, 0.2) is 35.4 Å². The Labute approximate surface area is 200 Å². The van der Waals surface area contributed by atoms with Crippen molar-refractivity contribution in [2.45, 2.75) is 44.8 Å². The van der Waals surface area contributed by atoms with Crippen LogP contribution in [0.25, 0.3) is 16.9 Å². The second-order valence-corrected chi connectivity index (χ2v) is 8.22. The topological polar surface area (TPSA) is 97.2 Å². The number of piperidine rings is 1. The van der Waals surface area contributed by atoms with E-state index in [0.717, 1.165) is 10.8 Å². The summed E-state index contributed by atoms with van der Waals surface area (Å²) in [6, 6.07) is 0.899. The monoisotopic (exact) mass is 509 g/mol. The molecule has 0 unspecified atom stereocenters. The standard InChI is InChI=1S/C23H20F5N5O3/c1-2-16(23(26,27)28)30-22(36)14-11-33(21-15(25)9-12(24)10-29-21)20-13(19(14)35)6-7-17(31-20)32-8-4-3-5-18(32)34/h6-7,9-11,16H,2-5,8H2,1H3,(H,30,36)/t16-/m1/s1. The highest BCUT2D eigenvalue weighted by atomic mass is 19.4. The lowest BCUT2D eigenvalue weighted by molar-refractivity contribution is -0.153. The summed E-state index contributed by atoms with van der Waals surface area (Å²) in [6.45, 7) is 1.57. The lowest BCUT2D eigenvalue weighted by Gasteiger charge is -2.26. The maximum absolute atomic E-state index is 14.7. The summed E-state index contributed by atoms with van der Waals surface area (Å²) in [5.74, 6) is -4.10. The Hall–Kier alpha value is -3.90. The largest absolute Gasteiger partial charge is 0.408 e. The Morgan fingerprint density at radius 2 is 1.94 bits per heavy atom. The molecule has 36 heavy (non-hydrogen) atoms. The molecule has 1 aliphatic rings. The summed E-state index contributed by atoms with van der Waals surface area (Å²) in [6.07, 6.45) is -2.05. The van der Waals surface area contributed by atoms with Crippen LogP contribution < -0.4 is 15.6 Å². The number of amides is 2. The number of alkyl halides is 3. The van der Waals surface area contributed by atoms with Gasteiger partial charge in [0.1, 0.15) is 23.2 Å². The predicted molar refractivity (Wildman–Crippen MR) is 119 cm³/mol. The van der Waals surface area contributed by atoms with Gasteiger partial charge in [0, 0.05) is 25.2 Å². The maximum atomic E-state index is 14.7. The summed E-state index contributed by atoms with van der Waals surface area (Å²) < 4.78 is 68.7. The number of halogens is 5. The van der Waals surface area contributed by atoms with E-state index < -0.39 is 53.0 Å². The average molecular weight is 509 g/mol. The molecule has 3 aromatic heterocycles. The Morgan fingerprint density at radius 1 is 1.19 bits per heavy atom. The van der Waals surface area contributed by atoms with Crippen molar-refractivity contribution in [1.82, 2.24) is 19.9 Å². The molecule has 8 nitrogen and oxygen atoms in total. The minimum absolute atomic E-state index is 0.156. The highest BCUT2D eigenvalue weighted by Crippen LogP contribution is 2.25. The lowest BCUT2D eigenvalue weighted by Crippen LogP contribution is -2.46. The molecule has 4 rings (SSSR count). The zero-order chi connectivity index (χ0) is 26.2. The molecule has 1 atom stereocenters. The van der Waals surface area contributed by atoms with E-state index in [1.165, 1.54) is 24.0 Å². The van der Waals surface area contributed by atoms with Crippen molar-refractivity contribution in [2.75, 3.05) is 11.4 Å². The van der Waals surface area contributed by atoms with Crippen molar-refractivity contribution in [1.29, 1.82) is 0 Å². The van der Waals surface area contributed by atoms with Gasteiger partial charge in [-0.3, -0.25) is 23.9 Å². The van der Waals surface area contributed by atoms with Crippen LogP contribution in [0.2, 0.25) is 0 Å². The number of carbonyl (C=O) groups excluding carboxylic acids is 2. The third-order valence-electron chi connectivity index (χ3n) is 5.81. The zero-order valence-electron chi connectivity index (χ0n) is 18.9. The zero-order valence-corrected chi connectivity index (χ0v) is 18.9. The fourth-order valence-corrected chi connectivity index (χ4v) is 3.95. The number of aromatic nitrogens is 3. The van der Waals surface area contributed by atoms with E-state index >= 15 is 0 Å². The molecule has 0 bridgehead atoms. The molecule has 13 heteroatoms. The van der Waals surface area contributed by atoms with E-state index in [1.54, 1.807) is 5.32 Å².